The van der Waals surface area contributed by atoms with Crippen LogP contribution in [0.2, 0.25) is 0 Å². The number of anilines is 1. The molecule has 102 valence electrons. The fourth-order valence-corrected chi connectivity index (χ4v) is 1.80. The lowest BCUT2D eigenvalue weighted by Gasteiger charge is -2.10. The molecule has 1 unspecified atom stereocenters. The van der Waals surface area contributed by atoms with Crippen LogP contribution >= 0.6 is 0 Å². The molecule has 0 radical (unpaired) electrons. The predicted molar refractivity (Wildman–Crippen MR) is 67.0 cm³/mol. The Morgan fingerprint density at radius 1 is 1.32 bits per heavy atom. The van der Waals surface area contributed by atoms with Gasteiger partial charge >= 0.3 is 0 Å². The van der Waals surface area contributed by atoms with Crippen molar-refractivity contribution in [3.63, 3.8) is 0 Å². The summed E-state index contributed by atoms with van der Waals surface area (Å²) in [5.74, 6) is -1.01. The van der Waals surface area contributed by atoms with Crippen LogP contribution in [-0.2, 0) is 14.3 Å². The average molecular weight is 266 g/mol. The smallest absolute Gasteiger partial charge is 0.249 e. The van der Waals surface area contributed by atoms with Gasteiger partial charge in [0.15, 0.2) is 0 Å². The minimum absolute atomic E-state index is 0.129. The second-order valence-corrected chi connectivity index (χ2v) is 4.27. The average Bonchev–Trinajstić information content (AvgIpc) is 2.93. The third kappa shape index (κ3) is 4.03. The standard InChI is InChI=1S/C13H15FN2O3/c14-9-3-5-10(6-4-9)16-12(17)8-15-13(18)11-2-1-7-19-11/h3-6,11H,1-2,7-8H2,(H,15,18)(H,16,17). The van der Waals surface area contributed by atoms with E-state index in [4.69, 9.17) is 4.74 Å². The lowest BCUT2D eigenvalue weighted by molar-refractivity contribution is -0.131. The van der Waals surface area contributed by atoms with Crippen LogP contribution in [0.25, 0.3) is 0 Å². The molecule has 0 spiro atoms. The van der Waals surface area contributed by atoms with Crippen LogP contribution in [0.4, 0.5) is 10.1 Å². The van der Waals surface area contributed by atoms with E-state index < -0.39 is 6.10 Å². The van der Waals surface area contributed by atoms with Crippen molar-refractivity contribution >= 4 is 17.5 Å². The molecule has 0 bridgehead atoms. The van der Waals surface area contributed by atoms with Crippen molar-refractivity contribution < 1.29 is 18.7 Å². The first-order valence-electron chi connectivity index (χ1n) is 6.10. The van der Waals surface area contributed by atoms with Crippen molar-refractivity contribution in [2.75, 3.05) is 18.5 Å². The van der Waals surface area contributed by atoms with Gasteiger partial charge < -0.3 is 15.4 Å². The number of hydrogen-bond acceptors (Lipinski definition) is 3. The first-order valence-corrected chi connectivity index (χ1v) is 6.10. The molecule has 5 nitrogen and oxygen atoms in total. The Kier molecular flexibility index (Phi) is 4.46. The maximum absolute atomic E-state index is 12.7. The highest BCUT2D eigenvalue weighted by Crippen LogP contribution is 2.11. The first-order chi connectivity index (χ1) is 9.15. The summed E-state index contributed by atoms with van der Waals surface area (Å²) in [6.45, 7) is 0.454. The van der Waals surface area contributed by atoms with Crippen LogP contribution in [0.15, 0.2) is 24.3 Å². The van der Waals surface area contributed by atoms with E-state index in [1.165, 1.54) is 24.3 Å². The zero-order valence-corrected chi connectivity index (χ0v) is 10.3. The SMILES string of the molecule is O=C(CNC(=O)C1CCCO1)Nc1ccc(F)cc1. The molecular formula is C13H15FN2O3. The summed E-state index contributed by atoms with van der Waals surface area (Å²) in [7, 11) is 0. The van der Waals surface area contributed by atoms with E-state index in [0.29, 0.717) is 18.7 Å². The van der Waals surface area contributed by atoms with Gasteiger partial charge in [-0.15, -0.1) is 0 Å². The number of carbonyl (C=O) groups excluding carboxylic acids is 2. The van der Waals surface area contributed by atoms with E-state index in [2.05, 4.69) is 10.6 Å². The Hall–Kier alpha value is -1.95. The van der Waals surface area contributed by atoms with Gasteiger partial charge in [0.2, 0.25) is 11.8 Å². The van der Waals surface area contributed by atoms with Gasteiger partial charge in [0.05, 0.1) is 6.54 Å². The van der Waals surface area contributed by atoms with Gasteiger partial charge in [-0.25, -0.2) is 4.39 Å². The summed E-state index contributed by atoms with van der Waals surface area (Å²) >= 11 is 0. The van der Waals surface area contributed by atoms with Gasteiger partial charge in [-0.05, 0) is 37.1 Å². The topological polar surface area (TPSA) is 67.4 Å². The number of ether oxygens (including phenoxy) is 1. The molecule has 2 rings (SSSR count). The van der Waals surface area contributed by atoms with E-state index in [9.17, 15) is 14.0 Å². The van der Waals surface area contributed by atoms with Crippen LogP contribution < -0.4 is 10.6 Å². The molecule has 1 aromatic rings. The highest BCUT2D eigenvalue weighted by Gasteiger charge is 2.23. The molecule has 1 atom stereocenters. The van der Waals surface area contributed by atoms with Gasteiger partial charge in [0.25, 0.3) is 0 Å². The number of rotatable bonds is 4. The van der Waals surface area contributed by atoms with Gasteiger partial charge in [0, 0.05) is 12.3 Å². The Morgan fingerprint density at radius 2 is 2.05 bits per heavy atom. The van der Waals surface area contributed by atoms with Crippen LogP contribution in [0.3, 0.4) is 0 Å². The van der Waals surface area contributed by atoms with Gasteiger partial charge in [0.1, 0.15) is 11.9 Å². The lowest BCUT2D eigenvalue weighted by atomic mass is 10.2. The molecule has 19 heavy (non-hydrogen) atoms. The number of halogens is 1. The predicted octanol–water partition coefficient (Wildman–Crippen LogP) is 1.06. The Balaban J connectivity index is 1.75. The molecule has 6 heteroatoms. The molecule has 1 aliphatic rings. The van der Waals surface area contributed by atoms with E-state index >= 15 is 0 Å². The van der Waals surface area contributed by atoms with Crippen molar-refractivity contribution in [3.05, 3.63) is 30.1 Å². The minimum atomic E-state index is -0.446. The quantitative estimate of drug-likeness (QED) is 0.856. The Morgan fingerprint density at radius 3 is 2.68 bits per heavy atom. The zero-order valence-electron chi connectivity index (χ0n) is 10.3. The third-order valence-electron chi connectivity index (χ3n) is 2.77. The summed E-state index contributed by atoms with van der Waals surface area (Å²) in [5.41, 5.74) is 0.484. The number of hydrogen-bond donors (Lipinski definition) is 2. The number of benzene rings is 1. The molecule has 0 saturated carbocycles. The largest absolute Gasteiger partial charge is 0.368 e. The minimum Gasteiger partial charge on any atom is -0.368 e. The lowest BCUT2D eigenvalue weighted by Crippen LogP contribution is -2.39. The van der Waals surface area contributed by atoms with Crippen LogP contribution in [0, 0.1) is 5.82 Å². The molecule has 1 saturated heterocycles. The molecule has 2 N–H and O–H groups in total. The molecule has 0 aliphatic carbocycles. The number of nitrogens with one attached hydrogen (secondary N) is 2. The van der Waals surface area contributed by atoms with Crippen molar-refractivity contribution in [2.24, 2.45) is 0 Å². The summed E-state index contributed by atoms with van der Waals surface area (Å²) in [5, 5.41) is 5.06. The van der Waals surface area contributed by atoms with Crippen molar-refractivity contribution in [1.82, 2.24) is 5.32 Å². The monoisotopic (exact) mass is 266 g/mol. The summed E-state index contributed by atoms with van der Waals surface area (Å²) in [4.78, 5) is 23.1. The van der Waals surface area contributed by atoms with Crippen molar-refractivity contribution in [3.8, 4) is 0 Å². The van der Waals surface area contributed by atoms with Crippen molar-refractivity contribution in [2.45, 2.75) is 18.9 Å². The maximum Gasteiger partial charge on any atom is 0.249 e. The van der Waals surface area contributed by atoms with Crippen molar-refractivity contribution in [1.29, 1.82) is 0 Å². The Bertz CT molecular complexity index is 455. The van der Waals surface area contributed by atoms with Crippen LogP contribution in [-0.4, -0.2) is 31.1 Å². The maximum atomic E-state index is 12.7. The normalized spacial score (nSPS) is 18.1. The first kappa shape index (κ1) is 13.5. The molecule has 1 aliphatic heterocycles. The molecule has 1 fully saturated rings. The zero-order chi connectivity index (χ0) is 13.7. The number of carbonyl (C=O) groups is 2. The summed E-state index contributed by atoms with van der Waals surface area (Å²) in [6, 6.07) is 5.41. The van der Waals surface area contributed by atoms with E-state index in [1.54, 1.807) is 0 Å². The third-order valence-corrected chi connectivity index (χ3v) is 2.77. The van der Waals surface area contributed by atoms with Gasteiger partial charge in [-0.2, -0.15) is 0 Å². The molecular weight excluding hydrogens is 251 g/mol. The molecule has 2 amide bonds. The molecule has 1 heterocycles. The highest BCUT2D eigenvalue weighted by atomic mass is 19.1. The number of amides is 2. The van der Waals surface area contributed by atoms with E-state index in [-0.39, 0.29) is 24.2 Å². The highest BCUT2D eigenvalue weighted by molar-refractivity contribution is 5.95. The van der Waals surface area contributed by atoms with Crippen LogP contribution in [0.1, 0.15) is 12.8 Å². The van der Waals surface area contributed by atoms with Gasteiger partial charge in [-0.3, -0.25) is 9.59 Å². The molecule has 1 aromatic carbocycles. The second-order valence-electron chi connectivity index (χ2n) is 4.27. The fourth-order valence-electron chi connectivity index (χ4n) is 1.80. The molecule has 0 aromatic heterocycles. The van der Waals surface area contributed by atoms with Gasteiger partial charge in [-0.1, -0.05) is 0 Å². The van der Waals surface area contributed by atoms with Crippen LogP contribution in [0.5, 0.6) is 0 Å². The summed E-state index contributed by atoms with van der Waals surface area (Å²) in [6.07, 6.45) is 1.10. The fraction of sp³-hybridized carbons (Fsp3) is 0.385. The van der Waals surface area contributed by atoms with E-state index in [0.717, 1.165) is 6.42 Å². The summed E-state index contributed by atoms with van der Waals surface area (Å²) < 4.78 is 17.9. The Labute approximate surface area is 110 Å². The van der Waals surface area contributed by atoms with E-state index in [1.807, 2.05) is 0 Å². The second kappa shape index (κ2) is 6.29.